The van der Waals surface area contributed by atoms with Crippen LogP contribution in [0.25, 0.3) is 0 Å². The van der Waals surface area contributed by atoms with Crippen molar-refractivity contribution in [1.29, 1.82) is 0 Å². The molecule has 1 rings (SSSR count). The van der Waals surface area contributed by atoms with Crippen molar-refractivity contribution in [2.24, 2.45) is 5.84 Å². The highest BCUT2D eigenvalue weighted by atomic mass is 32.2. The third kappa shape index (κ3) is 4.51. The van der Waals surface area contributed by atoms with Gasteiger partial charge in [0.1, 0.15) is 5.82 Å². The Morgan fingerprint density at radius 2 is 1.88 bits per heavy atom. The minimum absolute atomic E-state index is 0.0600. The Hall–Kier alpha value is -0.580. The van der Waals surface area contributed by atoms with Crippen molar-refractivity contribution in [2.45, 2.75) is 31.6 Å². The lowest BCUT2D eigenvalue weighted by atomic mass is 10.1. The maximum atomic E-state index is 12.8. The van der Waals surface area contributed by atoms with Crippen LogP contribution in [0.1, 0.15) is 32.4 Å². The summed E-state index contributed by atoms with van der Waals surface area (Å²) in [6, 6.07) is 6.51. The zero-order valence-electron chi connectivity index (χ0n) is 9.96. The van der Waals surface area contributed by atoms with Gasteiger partial charge >= 0.3 is 0 Å². The van der Waals surface area contributed by atoms with Crippen molar-refractivity contribution >= 4 is 11.8 Å². The summed E-state index contributed by atoms with van der Waals surface area (Å²) >= 11 is 1.83. The van der Waals surface area contributed by atoms with Crippen molar-refractivity contribution in [3.05, 3.63) is 35.6 Å². The van der Waals surface area contributed by atoms with Crippen molar-refractivity contribution in [2.75, 3.05) is 5.75 Å². The lowest BCUT2D eigenvalue weighted by Gasteiger charge is -2.22. The monoisotopic (exact) mass is 242 g/mol. The van der Waals surface area contributed by atoms with E-state index >= 15 is 0 Å². The van der Waals surface area contributed by atoms with Gasteiger partial charge in [-0.15, -0.1) is 0 Å². The molecular formula is C12H19FN2S. The molecule has 0 amide bonds. The molecule has 0 aromatic heterocycles. The number of halogens is 1. The van der Waals surface area contributed by atoms with Crippen LogP contribution >= 0.6 is 11.8 Å². The highest BCUT2D eigenvalue weighted by molar-refractivity contribution is 8.00. The number of hydrazine groups is 1. The Balaban J connectivity index is 2.64. The highest BCUT2D eigenvalue weighted by Gasteiger charge is 2.16. The second kappa shape index (κ2) is 5.66. The van der Waals surface area contributed by atoms with E-state index in [1.54, 1.807) is 12.1 Å². The Morgan fingerprint density at radius 1 is 1.31 bits per heavy atom. The van der Waals surface area contributed by atoms with E-state index in [4.69, 9.17) is 5.84 Å². The number of hydrogen-bond donors (Lipinski definition) is 2. The van der Waals surface area contributed by atoms with Crippen LogP contribution in [0.5, 0.6) is 0 Å². The molecule has 1 atom stereocenters. The van der Waals surface area contributed by atoms with Crippen molar-refractivity contribution in [3.8, 4) is 0 Å². The first-order chi connectivity index (χ1) is 7.42. The molecule has 1 aromatic rings. The van der Waals surface area contributed by atoms with E-state index in [1.807, 2.05) is 11.8 Å². The van der Waals surface area contributed by atoms with Gasteiger partial charge in [-0.2, -0.15) is 11.8 Å². The third-order valence-electron chi connectivity index (χ3n) is 2.16. The molecule has 90 valence electrons. The summed E-state index contributed by atoms with van der Waals surface area (Å²) in [5.41, 5.74) is 3.78. The van der Waals surface area contributed by atoms with Gasteiger partial charge in [0.25, 0.3) is 0 Å². The Labute approximate surface area is 101 Å². The van der Waals surface area contributed by atoms with E-state index in [0.717, 1.165) is 11.3 Å². The molecule has 0 fully saturated rings. The van der Waals surface area contributed by atoms with Gasteiger partial charge < -0.3 is 0 Å². The Morgan fingerprint density at radius 3 is 2.31 bits per heavy atom. The first-order valence-corrected chi connectivity index (χ1v) is 6.26. The molecule has 0 aliphatic rings. The molecule has 1 aromatic carbocycles. The molecule has 0 bridgehead atoms. The van der Waals surface area contributed by atoms with Crippen molar-refractivity contribution in [3.63, 3.8) is 0 Å². The van der Waals surface area contributed by atoms with Crippen LogP contribution in [-0.4, -0.2) is 10.5 Å². The molecule has 3 N–H and O–H groups in total. The van der Waals surface area contributed by atoms with E-state index in [2.05, 4.69) is 26.2 Å². The number of thioether (sulfide) groups is 1. The standard InChI is InChI=1S/C12H19FN2S/c1-12(2,3)16-8-11(15-14)9-4-6-10(13)7-5-9/h4-7,11,15H,8,14H2,1-3H3. The fraction of sp³-hybridized carbons (Fsp3) is 0.500. The summed E-state index contributed by atoms with van der Waals surface area (Å²) in [7, 11) is 0. The molecular weight excluding hydrogens is 223 g/mol. The minimum Gasteiger partial charge on any atom is -0.271 e. The van der Waals surface area contributed by atoms with Gasteiger partial charge in [-0.25, -0.2) is 4.39 Å². The summed E-state index contributed by atoms with van der Waals surface area (Å²) in [6.07, 6.45) is 0. The first kappa shape index (κ1) is 13.5. The van der Waals surface area contributed by atoms with E-state index in [0.29, 0.717) is 0 Å². The average Bonchev–Trinajstić information content (AvgIpc) is 2.20. The number of nitrogens with one attached hydrogen (secondary N) is 1. The smallest absolute Gasteiger partial charge is 0.123 e. The molecule has 0 saturated carbocycles. The van der Waals surface area contributed by atoms with Gasteiger partial charge in [-0.1, -0.05) is 32.9 Å². The topological polar surface area (TPSA) is 38.0 Å². The molecule has 0 aliphatic carbocycles. The lowest BCUT2D eigenvalue weighted by Crippen LogP contribution is -2.30. The summed E-state index contributed by atoms with van der Waals surface area (Å²) in [4.78, 5) is 0. The van der Waals surface area contributed by atoms with Crippen molar-refractivity contribution in [1.82, 2.24) is 5.43 Å². The summed E-state index contributed by atoms with van der Waals surface area (Å²) < 4.78 is 13.0. The summed E-state index contributed by atoms with van der Waals surface area (Å²) in [6.45, 7) is 6.49. The lowest BCUT2D eigenvalue weighted by molar-refractivity contribution is 0.599. The molecule has 16 heavy (non-hydrogen) atoms. The number of rotatable bonds is 4. The third-order valence-corrected chi connectivity index (χ3v) is 3.52. The maximum Gasteiger partial charge on any atom is 0.123 e. The Bertz CT molecular complexity index is 319. The van der Waals surface area contributed by atoms with E-state index in [-0.39, 0.29) is 16.6 Å². The second-order valence-corrected chi connectivity index (χ2v) is 6.54. The highest BCUT2D eigenvalue weighted by Crippen LogP contribution is 2.28. The van der Waals surface area contributed by atoms with Crippen LogP contribution < -0.4 is 11.3 Å². The quantitative estimate of drug-likeness (QED) is 0.630. The molecule has 0 saturated heterocycles. The van der Waals surface area contributed by atoms with Crippen molar-refractivity contribution < 1.29 is 4.39 Å². The normalized spacial score (nSPS) is 13.8. The molecule has 4 heteroatoms. The van der Waals surface area contributed by atoms with E-state index in [9.17, 15) is 4.39 Å². The second-order valence-electron chi connectivity index (χ2n) is 4.69. The van der Waals surface area contributed by atoms with Crippen LogP contribution in [0.3, 0.4) is 0 Å². The minimum atomic E-state index is -0.219. The Kier molecular flexibility index (Phi) is 4.77. The predicted molar refractivity (Wildman–Crippen MR) is 68.7 cm³/mol. The fourth-order valence-electron chi connectivity index (χ4n) is 1.27. The van der Waals surface area contributed by atoms with Gasteiger partial charge in [0.2, 0.25) is 0 Å². The molecule has 2 nitrogen and oxygen atoms in total. The molecule has 0 aliphatic heterocycles. The van der Waals surface area contributed by atoms with Gasteiger partial charge in [-0.05, 0) is 17.7 Å². The molecule has 0 spiro atoms. The number of hydrogen-bond acceptors (Lipinski definition) is 3. The largest absolute Gasteiger partial charge is 0.271 e. The predicted octanol–water partition coefficient (Wildman–Crippen LogP) is 2.86. The SMILES string of the molecule is CC(C)(C)SCC(NN)c1ccc(F)cc1. The molecule has 0 radical (unpaired) electrons. The first-order valence-electron chi connectivity index (χ1n) is 5.28. The van der Waals surface area contributed by atoms with Crippen LogP contribution in [0, 0.1) is 5.82 Å². The average molecular weight is 242 g/mol. The fourth-order valence-corrected chi connectivity index (χ4v) is 2.22. The number of benzene rings is 1. The van der Waals surface area contributed by atoms with Crippen LogP contribution in [0.4, 0.5) is 4.39 Å². The van der Waals surface area contributed by atoms with Gasteiger partial charge in [0.05, 0.1) is 6.04 Å². The van der Waals surface area contributed by atoms with E-state index < -0.39 is 0 Å². The summed E-state index contributed by atoms with van der Waals surface area (Å²) in [5.74, 6) is 6.16. The zero-order chi connectivity index (χ0) is 12.2. The van der Waals surface area contributed by atoms with Gasteiger partial charge in [-0.3, -0.25) is 11.3 Å². The molecule has 1 unspecified atom stereocenters. The maximum absolute atomic E-state index is 12.8. The van der Waals surface area contributed by atoms with Crippen LogP contribution in [0.15, 0.2) is 24.3 Å². The summed E-state index contributed by atoms with van der Waals surface area (Å²) in [5, 5.41) is 0. The molecule has 0 heterocycles. The number of nitrogens with two attached hydrogens (primary N) is 1. The van der Waals surface area contributed by atoms with Crippen LogP contribution in [0.2, 0.25) is 0 Å². The van der Waals surface area contributed by atoms with Gasteiger partial charge in [0.15, 0.2) is 0 Å². The van der Waals surface area contributed by atoms with Gasteiger partial charge in [0, 0.05) is 10.5 Å². The van der Waals surface area contributed by atoms with E-state index in [1.165, 1.54) is 12.1 Å². The zero-order valence-corrected chi connectivity index (χ0v) is 10.8. The van der Waals surface area contributed by atoms with Crippen LogP contribution in [-0.2, 0) is 0 Å².